The lowest BCUT2D eigenvalue weighted by molar-refractivity contribution is 0.286. The van der Waals surface area contributed by atoms with E-state index in [1.54, 1.807) is 7.11 Å². The zero-order chi connectivity index (χ0) is 11.5. The summed E-state index contributed by atoms with van der Waals surface area (Å²) in [5.41, 5.74) is 3.00. The van der Waals surface area contributed by atoms with Crippen LogP contribution >= 0.6 is 11.3 Å². The molecule has 1 aromatic carbocycles. The molecule has 0 aliphatic heterocycles. The maximum atomic E-state index is 9.27. The van der Waals surface area contributed by atoms with Gasteiger partial charge in [-0.1, -0.05) is 35.1 Å². The van der Waals surface area contributed by atoms with Crippen molar-refractivity contribution in [1.82, 2.24) is 4.98 Å². The van der Waals surface area contributed by atoms with E-state index in [1.165, 1.54) is 16.9 Å². The van der Waals surface area contributed by atoms with Crippen molar-refractivity contribution in [1.29, 1.82) is 0 Å². The lowest BCUT2D eigenvalue weighted by atomic mass is 10.1. The summed E-state index contributed by atoms with van der Waals surface area (Å²) >= 11 is 1.38. The molecular formula is C12H13NO2S. The van der Waals surface area contributed by atoms with Crippen molar-refractivity contribution >= 4 is 11.3 Å². The highest BCUT2D eigenvalue weighted by atomic mass is 32.1. The minimum atomic E-state index is -0.00962. The van der Waals surface area contributed by atoms with Gasteiger partial charge in [-0.25, -0.2) is 4.98 Å². The monoisotopic (exact) mass is 235 g/mol. The Kier molecular flexibility index (Phi) is 3.22. The van der Waals surface area contributed by atoms with E-state index in [9.17, 15) is 5.11 Å². The Labute approximate surface area is 98.4 Å². The number of aliphatic hydroxyl groups excluding tert-OH is 1. The average Bonchev–Trinajstić information content (AvgIpc) is 2.72. The lowest BCUT2D eigenvalue weighted by Gasteiger charge is -2.00. The molecule has 0 radical (unpaired) electrons. The molecule has 0 saturated heterocycles. The summed E-state index contributed by atoms with van der Waals surface area (Å²) in [5.74, 6) is 0. The fourth-order valence-corrected chi connectivity index (χ4v) is 2.30. The topological polar surface area (TPSA) is 42.4 Å². The van der Waals surface area contributed by atoms with Gasteiger partial charge in [-0.05, 0) is 13.0 Å². The van der Waals surface area contributed by atoms with Crippen molar-refractivity contribution in [3.8, 4) is 16.5 Å². The van der Waals surface area contributed by atoms with Crippen molar-refractivity contribution in [2.75, 3.05) is 7.11 Å². The maximum absolute atomic E-state index is 9.27. The van der Waals surface area contributed by atoms with E-state index in [0.29, 0.717) is 5.19 Å². The van der Waals surface area contributed by atoms with Gasteiger partial charge in [0.15, 0.2) is 0 Å². The molecule has 0 saturated carbocycles. The number of nitrogens with zero attached hydrogens (tertiary/aromatic N) is 1. The van der Waals surface area contributed by atoms with Crippen LogP contribution in [0.4, 0.5) is 0 Å². The zero-order valence-corrected chi connectivity index (χ0v) is 10.0. The van der Waals surface area contributed by atoms with Gasteiger partial charge in [0.05, 0.1) is 24.3 Å². The molecule has 2 aromatic rings. The van der Waals surface area contributed by atoms with E-state index < -0.39 is 0 Å². The number of rotatable bonds is 3. The van der Waals surface area contributed by atoms with Gasteiger partial charge in [0, 0.05) is 5.56 Å². The first-order chi connectivity index (χ1) is 7.74. The van der Waals surface area contributed by atoms with Crippen LogP contribution in [0.2, 0.25) is 0 Å². The molecule has 16 heavy (non-hydrogen) atoms. The van der Waals surface area contributed by atoms with Crippen LogP contribution in [-0.4, -0.2) is 17.2 Å². The number of thiazole rings is 1. The number of hydrogen-bond acceptors (Lipinski definition) is 4. The molecule has 1 aromatic heterocycles. The zero-order valence-electron chi connectivity index (χ0n) is 9.23. The first-order valence-electron chi connectivity index (χ1n) is 4.96. The van der Waals surface area contributed by atoms with Crippen molar-refractivity contribution in [3.05, 3.63) is 34.7 Å². The molecule has 2 rings (SSSR count). The average molecular weight is 235 g/mol. The van der Waals surface area contributed by atoms with Crippen molar-refractivity contribution in [3.63, 3.8) is 0 Å². The Balaban J connectivity index is 2.50. The molecule has 0 aliphatic rings. The van der Waals surface area contributed by atoms with Gasteiger partial charge in [0.2, 0.25) is 0 Å². The summed E-state index contributed by atoms with van der Waals surface area (Å²) in [6, 6.07) is 8.05. The number of aromatic nitrogens is 1. The number of hydrogen-bond donors (Lipinski definition) is 1. The van der Waals surface area contributed by atoms with E-state index >= 15 is 0 Å². The summed E-state index contributed by atoms with van der Waals surface area (Å²) in [6.45, 7) is 2.02. The van der Waals surface area contributed by atoms with Gasteiger partial charge < -0.3 is 9.84 Å². The Bertz CT molecular complexity index is 494. The molecule has 84 valence electrons. The molecule has 1 heterocycles. The fraction of sp³-hybridized carbons (Fsp3) is 0.250. The van der Waals surface area contributed by atoms with Gasteiger partial charge in [-0.2, -0.15) is 0 Å². The number of benzene rings is 1. The van der Waals surface area contributed by atoms with Crippen molar-refractivity contribution in [2.45, 2.75) is 13.5 Å². The van der Waals surface area contributed by atoms with Crippen LogP contribution in [0.15, 0.2) is 24.3 Å². The van der Waals surface area contributed by atoms with Crippen LogP contribution in [0.25, 0.3) is 11.3 Å². The van der Waals surface area contributed by atoms with Crippen LogP contribution < -0.4 is 4.74 Å². The van der Waals surface area contributed by atoms with Gasteiger partial charge >= 0.3 is 0 Å². The lowest BCUT2D eigenvalue weighted by Crippen LogP contribution is -1.86. The largest absolute Gasteiger partial charge is 0.473 e. The second-order valence-electron chi connectivity index (χ2n) is 3.48. The molecular weight excluding hydrogens is 222 g/mol. The number of ether oxygens (including phenoxy) is 1. The third kappa shape index (κ3) is 2.08. The quantitative estimate of drug-likeness (QED) is 0.889. The maximum Gasteiger partial charge on any atom is 0.273 e. The van der Waals surface area contributed by atoms with Crippen molar-refractivity contribution in [2.24, 2.45) is 0 Å². The molecule has 3 nitrogen and oxygen atoms in total. The van der Waals surface area contributed by atoms with E-state index in [0.717, 1.165) is 16.1 Å². The van der Waals surface area contributed by atoms with E-state index in [2.05, 4.69) is 4.98 Å². The van der Waals surface area contributed by atoms with Crippen LogP contribution in [0.5, 0.6) is 5.19 Å². The normalized spacial score (nSPS) is 10.4. The predicted octanol–water partition coefficient (Wildman–Crippen LogP) is 2.62. The first-order valence-corrected chi connectivity index (χ1v) is 5.78. The van der Waals surface area contributed by atoms with Gasteiger partial charge in [0.25, 0.3) is 5.19 Å². The molecule has 0 fully saturated rings. The minimum absolute atomic E-state index is 0.00962. The molecule has 0 aliphatic carbocycles. The summed E-state index contributed by atoms with van der Waals surface area (Å²) < 4.78 is 5.09. The molecule has 0 bridgehead atoms. The van der Waals surface area contributed by atoms with Crippen molar-refractivity contribution < 1.29 is 9.84 Å². The number of aryl methyl sites for hydroxylation is 1. The van der Waals surface area contributed by atoms with Gasteiger partial charge in [-0.3, -0.25) is 0 Å². The third-order valence-electron chi connectivity index (χ3n) is 2.29. The highest BCUT2D eigenvalue weighted by Gasteiger charge is 2.12. The molecule has 1 N–H and O–H groups in total. The van der Waals surface area contributed by atoms with Crippen LogP contribution in [-0.2, 0) is 6.61 Å². The fourth-order valence-electron chi connectivity index (χ4n) is 1.54. The van der Waals surface area contributed by atoms with Gasteiger partial charge in [0.1, 0.15) is 0 Å². The number of aliphatic hydroxyl groups is 1. The highest BCUT2D eigenvalue weighted by molar-refractivity contribution is 7.13. The smallest absolute Gasteiger partial charge is 0.273 e. The van der Waals surface area contributed by atoms with E-state index in [-0.39, 0.29) is 6.61 Å². The van der Waals surface area contributed by atoms with E-state index in [1.807, 2.05) is 31.2 Å². The summed E-state index contributed by atoms with van der Waals surface area (Å²) in [6.07, 6.45) is 0. The Hall–Kier alpha value is -1.39. The van der Waals surface area contributed by atoms with Crippen LogP contribution in [0.3, 0.4) is 0 Å². The standard InChI is InChI=1S/C12H13NO2S/c1-8-4-3-5-9(6-8)11-10(7-14)16-12(13-11)15-2/h3-6,14H,7H2,1-2H3. The van der Waals surface area contributed by atoms with Gasteiger partial charge in [-0.15, -0.1) is 0 Å². The molecule has 0 unspecified atom stereocenters. The third-order valence-corrected chi connectivity index (χ3v) is 3.29. The molecule has 0 amide bonds. The minimum Gasteiger partial charge on any atom is -0.473 e. The second kappa shape index (κ2) is 4.63. The van der Waals surface area contributed by atoms with E-state index in [4.69, 9.17) is 4.74 Å². The molecule has 4 heteroatoms. The Morgan fingerprint density at radius 1 is 1.44 bits per heavy atom. The Morgan fingerprint density at radius 3 is 2.88 bits per heavy atom. The first kappa shape index (κ1) is 11.1. The number of methoxy groups -OCH3 is 1. The summed E-state index contributed by atoms with van der Waals surface area (Å²) in [5, 5.41) is 9.86. The highest BCUT2D eigenvalue weighted by Crippen LogP contribution is 2.32. The predicted molar refractivity (Wildman–Crippen MR) is 64.8 cm³/mol. The summed E-state index contributed by atoms with van der Waals surface area (Å²) in [4.78, 5) is 5.18. The molecule has 0 spiro atoms. The van der Waals surface area contributed by atoms with Crippen LogP contribution in [0, 0.1) is 6.92 Å². The molecule has 0 atom stereocenters. The summed E-state index contributed by atoms with van der Waals surface area (Å²) in [7, 11) is 1.58. The SMILES string of the molecule is COc1nc(-c2cccc(C)c2)c(CO)s1. The second-order valence-corrected chi connectivity index (χ2v) is 4.53. The van der Waals surface area contributed by atoms with Crippen LogP contribution in [0.1, 0.15) is 10.4 Å². The Morgan fingerprint density at radius 2 is 2.25 bits per heavy atom.